The molecule has 0 bridgehead atoms. The van der Waals surface area contributed by atoms with Crippen molar-refractivity contribution in [1.82, 2.24) is 5.32 Å². The van der Waals surface area contributed by atoms with Crippen LogP contribution in [0.5, 0.6) is 0 Å². The highest BCUT2D eigenvalue weighted by atomic mass is 35.5. The van der Waals surface area contributed by atoms with Gasteiger partial charge in [-0.2, -0.15) is 0 Å². The molecular weight excluding hydrogens is 214 g/mol. The molecule has 2 rings (SSSR count). The van der Waals surface area contributed by atoms with Gasteiger partial charge in [0.2, 0.25) is 0 Å². The maximum atomic E-state index is 11.4. The number of nitrogens with one attached hydrogen (secondary N) is 1. The van der Waals surface area contributed by atoms with Crippen molar-refractivity contribution in [3.63, 3.8) is 0 Å². The van der Waals surface area contributed by atoms with Crippen molar-refractivity contribution in [2.45, 2.75) is 25.7 Å². The largest absolute Gasteiger partial charge is 0.359 e. The van der Waals surface area contributed by atoms with Gasteiger partial charge in [0, 0.05) is 11.6 Å². The van der Waals surface area contributed by atoms with Crippen molar-refractivity contribution in [3.05, 3.63) is 34.9 Å². The molecule has 1 aromatic carbocycles. The Balaban J connectivity index is 1.85. The number of hydrogen-bond acceptors (Lipinski definition) is 2. The van der Waals surface area contributed by atoms with E-state index in [1.807, 2.05) is 25.1 Å². The summed E-state index contributed by atoms with van der Waals surface area (Å²) in [4.78, 5) is 11.4. The molecule has 0 saturated carbocycles. The standard InChI is InChI=1S/C11H12ClNO2/c1-7-10(15-7)11(14)13-6-8-3-2-4-9(12)5-8/h2-5,7,10H,6H2,1H3,(H,13,14). The first-order chi connectivity index (χ1) is 7.16. The van der Waals surface area contributed by atoms with Gasteiger partial charge >= 0.3 is 0 Å². The van der Waals surface area contributed by atoms with Crippen LogP contribution in [0.25, 0.3) is 0 Å². The number of ether oxygens (including phenoxy) is 1. The molecule has 1 amide bonds. The Morgan fingerprint density at radius 3 is 2.93 bits per heavy atom. The molecule has 1 heterocycles. The first kappa shape index (κ1) is 10.5. The predicted octanol–water partition coefficient (Wildman–Crippen LogP) is 1.74. The first-order valence-corrected chi connectivity index (χ1v) is 5.22. The second-order valence-electron chi connectivity index (χ2n) is 3.61. The normalized spacial score (nSPS) is 23.6. The number of hydrogen-bond donors (Lipinski definition) is 1. The van der Waals surface area contributed by atoms with Crippen LogP contribution in [0, 0.1) is 0 Å². The molecule has 2 unspecified atom stereocenters. The summed E-state index contributed by atoms with van der Waals surface area (Å²) < 4.78 is 5.05. The Bertz CT molecular complexity index is 381. The lowest BCUT2D eigenvalue weighted by Gasteiger charge is -2.03. The fourth-order valence-corrected chi connectivity index (χ4v) is 1.61. The summed E-state index contributed by atoms with van der Waals surface area (Å²) in [5.41, 5.74) is 0.990. The average molecular weight is 226 g/mol. The van der Waals surface area contributed by atoms with E-state index in [4.69, 9.17) is 16.3 Å². The number of carbonyl (C=O) groups excluding carboxylic acids is 1. The molecule has 1 aliphatic heterocycles. The molecule has 0 radical (unpaired) electrons. The number of amides is 1. The van der Waals surface area contributed by atoms with E-state index in [0.717, 1.165) is 5.56 Å². The first-order valence-electron chi connectivity index (χ1n) is 4.84. The minimum atomic E-state index is -0.260. The van der Waals surface area contributed by atoms with Gasteiger partial charge < -0.3 is 10.1 Å². The van der Waals surface area contributed by atoms with Gasteiger partial charge in [-0.1, -0.05) is 23.7 Å². The zero-order valence-corrected chi connectivity index (χ0v) is 9.12. The van der Waals surface area contributed by atoms with Crippen LogP contribution >= 0.6 is 11.6 Å². The average Bonchev–Trinajstić information content (AvgIpc) is 2.92. The molecule has 1 fully saturated rings. The van der Waals surface area contributed by atoms with Gasteiger partial charge in [0.05, 0.1) is 6.10 Å². The van der Waals surface area contributed by atoms with Crippen LogP contribution in [0.4, 0.5) is 0 Å². The van der Waals surface area contributed by atoms with Crippen molar-refractivity contribution in [2.24, 2.45) is 0 Å². The highest BCUT2D eigenvalue weighted by Crippen LogP contribution is 2.20. The van der Waals surface area contributed by atoms with Crippen LogP contribution in [-0.4, -0.2) is 18.1 Å². The fourth-order valence-electron chi connectivity index (χ4n) is 1.40. The van der Waals surface area contributed by atoms with Crippen molar-refractivity contribution in [1.29, 1.82) is 0 Å². The quantitative estimate of drug-likeness (QED) is 0.797. The summed E-state index contributed by atoms with van der Waals surface area (Å²) in [6, 6.07) is 7.42. The molecule has 80 valence electrons. The Morgan fingerprint density at radius 1 is 1.60 bits per heavy atom. The van der Waals surface area contributed by atoms with Gasteiger partial charge in [0.25, 0.3) is 5.91 Å². The number of rotatable bonds is 3. The van der Waals surface area contributed by atoms with Gasteiger partial charge in [-0.25, -0.2) is 0 Å². The highest BCUT2D eigenvalue weighted by molar-refractivity contribution is 6.30. The van der Waals surface area contributed by atoms with E-state index in [1.165, 1.54) is 0 Å². The summed E-state index contributed by atoms with van der Waals surface area (Å²) in [6.45, 7) is 2.37. The number of carbonyl (C=O) groups is 1. The van der Waals surface area contributed by atoms with E-state index >= 15 is 0 Å². The number of halogens is 1. The minimum Gasteiger partial charge on any atom is -0.359 e. The second kappa shape index (κ2) is 4.21. The molecule has 1 aromatic rings. The minimum absolute atomic E-state index is 0.0533. The summed E-state index contributed by atoms with van der Waals surface area (Å²) >= 11 is 5.82. The summed E-state index contributed by atoms with van der Waals surface area (Å²) in [5.74, 6) is -0.0533. The lowest BCUT2D eigenvalue weighted by atomic mass is 10.2. The molecule has 0 aliphatic carbocycles. The molecular formula is C11H12ClNO2. The van der Waals surface area contributed by atoms with Crippen molar-refractivity contribution in [2.75, 3.05) is 0 Å². The molecule has 1 aliphatic rings. The van der Waals surface area contributed by atoms with E-state index in [2.05, 4.69) is 5.32 Å². The second-order valence-corrected chi connectivity index (χ2v) is 4.05. The van der Waals surface area contributed by atoms with Gasteiger partial charge in [-0.05, 0) is 24.6 Å². The molecule has 3 nitrogen and oxygen atoms in total. The van der Waals surface area contributed by atoms with Crippen molar-refractivity contribution >= 4 is 17.5 Å². The molecule has 0 spiro atoms. The van der Waals surface area contributed by atoms with Crippen LogP contribution in [0.2, 0.25) is 5.02 Å². The van der Waals surface area contributed by atoms with E-state index in [0.29, 0.717) is 11.6 Å². The van der Waals surface area contributed by atoms with Crippen LogP contribution in [-0.2, 0) is 16.1 Å². The lowest BCUT2D eigenvalue weighted by molar-refractivity contribution is -0.122. The molecule has 1 saturated heterocycles. The Kier molecular flexibility index (Phi) is 2.93. The fraction of sp³-hybridized carbons (Fsp3) is 0.364. The third-order valence-corrected chi connectivity index (χ3v) is 2.56. The third kappa shape index (κ3) is 2.70. The van der Waals surface area contributed by atoms with Crippen LogP contribution < -0.4 is 5.32 Å². The Hall–Kier alpha value is -1.06. The zero-order valence-electron chi connectivity index (χ0n) is 8.37. The maximum Gasteiger partial charge on any atom is 0.252 e. The van der Waals surface area contributed by atoms with Crippen molar-refractivity contribution < 1.29 is 9.53 Å². The molecule has 0 aromatic heterocycles. The smallest absolute Gasteiger partial charge is 0.252 e. The van der Waals surface area contributed by atoms with Crippen LogP contribution in [0.15, 0.2) is 24.3 Å². The third-order valence-electron chi connectivity index (χ3n) is 2.33. The summed E-state index contributed by atoms with van der Waals surface area (Å²) in [7, 11) is 0. The summed E-state index contributed by atoms with van der Waals surface area (Å²) in [6.07, 6.45) is -0.200. The van der Waals surface area contributed by atoms with Gasteiger partial charge in [0.15, 0.2) is 6.10 Å². The molecule has 2 atom stereocenters. The van der Waals surface area contributed by atoms with E-state index in [1.54, 1.807) is 6.07 Å². The lowest BCUT2D eigenvalue weighted by Crippen LogP contribution is -2.28. The van der Waals surface area contributed by atoms with Gasteiger partial charge in [-0.3, -0.25) is 4.79 Å². The van der Waals surface area contributed by atoms with Crippen LogP contribution in [0.1, 0.15) is 12.5 Å². The van der Waals surface area contributed by atoms with Crippen LogP contribution in [0.3, 0.4) is 0 Å². The zero-order chi connectivity index (χ0) is 10.8. The molecule has 4 heteroatoms. The Labute approximate surface area is 93.4 Å². The number of epoxide rings is 1. The van der Waals surface area contributed by atoms with Crippen molar-refractivity contribution in [3.8, 4) is 0 Å². The van der Waals surface area contributed by atoms with E-state index < -0.39 is 0 Å². The molecule has 15 heavy (non-hydrogen) atoms. The predicted molar refractivity (Wildman–Crippen MR) is 57.6 cm³/mol. The van der Waals surface area contributed by atoms with Gasteiger partial charge in [-0.15, -0.1) is 0 Å². The van der Waals surface area contributed by atoms with E-state index in [9.17, 15) is 4.79 Å². The van der Waals surface area contributed by atoms with Gasteiger partial charge in [0.1, 0.15) is 0 Å². The number of benzene rings is 1. The SMILES string of the molecule is CC1OC1C(=O)NCc1cccc(Cl)c1. The maximum absolute atomic E-state index is 11.4. The topological polar surface area (TPSA) is 41.6 Å². The highest BCUT2D eigenvalue weighted by Gasteiger charge is 2.40. The monoisotopic (exact) mass is 225 g/mol. The van der Waals surface area contributed by atoms with E-state index in [-0.39, 0.29) is 18.1 Å². The molecule has 1 N–H and O–H groups in total. The summed E-state index contributed by atoms with van der Waals surface area (Å²) in [5, 5.41) is 3.47. The Morgan fingerprint density at radius 2 is 2.33 bits per heavy atom.